The molecule has 1 aromatic heterocycles. The normalized spacial score (nSPS) is 15.7. The van der Waals surface area contributed by atoms with E-state index < -0.39 is 0 Å². The molecule has 1 saturated heterocycles. The van der Waals surface area contributed by atoms with E-state index in [-0.39, 0.29) is 5.91 Å². The first-order chi connectivity index (χ1) is 10.6. The Bertz CT molecular complexity index is 678. The van der Waals surface area contributed by atoms with E-state index in [0.29, 0.717) is 22.5 Å². The van der Waals surface area contributed by atoms with E-state index in [4.69, 9.17) is 11.6 Å². The van der Waals surface area contributed by atoms with Crippen LogP contribution in [0.4, 0.5) is 5.95 Å². The fraction of sp³-hybridized carbons (Fsp3) is 0.400. The zero-order chi connectivity index (χ0) is 15.5. The van der Waals surface area contributed by atoms with Crippen molar-refractivity contribution >= 4 is 23.5 Å². The zero-order valence-corrected chi connectivity index (χ0v) is 13.1. The van der Waals surface area contributed by atoms with Gasteiger partial charge >= 0.3 is 0 Å². The molecular formula is C15H18ClN5O. The Balaban J connectivity index is 1.75. The highest BCUT2D eigenvalue weighted by molar-refractivity contribution is 6.31. The zero-order valence-electron chi connectivity index (χ0n) is 12.3. The largest absolute Gasteiger partial charge is 0.317 e. The van der Waals surface area contributed by atoms with E-state index in [1.807, 2.05) is 0 Å². The van der Waals surface area contributed by atoms with Crippen molar-refractivity contribution in [3.8, 4) is 0 Å². The number of piperidine rings is 1. The van der Waals surface area contributed by atoms with Crippen LogP contribution in [-0.4, -0.2) is 33.8 Å². The highest BCUT2D eigenvalue weighted by Crippen LogP contribution is 2.23. The van der Waals surface area contributed by atoms with Gasteiger partial charge < -0.3 is 5.32 Å². The summed E-state index contributed by atoms with van der Waals surface area (Å²) in [6, 6.07) is 6.82. The number of aromatic nitrogens is 3. The molecule has 1 aliphatic heterocycles. The lowest BCUT2D eigenvalue weighted by atomic mass is 9.98. The molecule has 0 saturated carbocycles. The topological polar surface area (TPSA) is 71.8 Å². The van der Waals surface area contributed by atoms with Crippen LogP contribution < -0.4 is 10.6 Å². The van der Waals surface area contributed by atoms with Gasteiger partial charge in [-0.2, -0.15) is 10.1 Å². The Morgan fingerprint density at radius 1 is 1.41 bits per heavy atom. The monoisotopic (exact) mass is 319 g/mol. The first-order valence-electron chi connectivity index (χ1n) is 7.32. The number of nitrogens with zero attached hydrogens (tertiary/aromatic N) is 3. The van der Waals surface area contributed by atoms with Crippen molar-refractivity contribution in [1.29, 1.82) is 0 Å². The summed E-state index contributed by atoms with van der Waals surface area (Å²) in [6.07, 6.45) is 2.04. The SMILES string of the molecule is Cn1nc(C2CCNCC2)nc1NC(=O)c1cccc(Cl)c1. The lowest BCUT2D eigenvalue weighted by molar-refractivity contribution is 0.102. The van der Waals surface area contributed by atoms with Crippen LogP contribution in [0, 0.1) is 0 Å². The molecule has 116 valence electrons. The van der Waals surface area contributed by atoms with Gasteiger partial charge in [0.2, 0.25) is 5.95 Å². The summed E-state index contributed by atoms with van der Waals surface area (Å²) in [6.45, 7) is 1.96. The molecule has 0 spiro atoms. The fourth-order valence-electron chi connectivity index (χ4n) is 2.57. The van der Waals surface area contributed by atoms with Gasteiger partial charge in [-0.05, 0) is 44.1 Å². The second kappa shape index (κ2) is 6.46. The predicted octanol–water partition coefficient (Wildman–Crippen LogP) is 2.19. The van der Waals surface area contributed by atoms with Crippen LogP contribution in [0.5, 0.6) is 0 Å². The maximum atomic E-state index is 12.2. The van der Waals surface area contributed by atoms with Crippen molar-refractivity contribution in [3.05, 3.63) is 40.7 Å². The smallest absolute Gasteiger partial charge is 0.258 e. The molecule has 1 aromatic carbocycles. The van der Waals surface area contributed by atoms with Gasteiger partial charge in [-0.3, -0.25) is 10.1 Å². The number of halogens is 1. The maximum absolute atomic E-state index is 12.2. The molecule has 7 heteroatoms. The second-order valence-corrected chi connectivity index (χ2v) is 5.84. The molecule has 0 unspecified atom stereocenters. The number of hydrogen-bond acceptors (Lipinski definition) is 4. The average molecular weight is 320 g/mol. The molecule has 2 N–H and O–H groups in total. The summed E-state index contributed by atoms with van der Waals surface area (Å²) in [5.74, 6) is 1.36. The van der Waals surface area contributed by atoms with Crippen LogP contribution in [0.25, 0.3) is 0 Å². The third-order valence-corrected chi connectivity index (χ3v) is 4.03. The number of carbonyl (C=O) groups excluding carboxylic acids is 1. The quantitative estimate of drug-likeness (QED) is 0.909. The van der Waals surface area contributed by atoms with Crippen molar-refractivity contribution in [2.75, 3.05) is 18.4 Å². The van der Waals surface area contributed by atoms with Gasteiger partial charge in [-0.1, -0.05) is 17.7 Å². The highest BCUT2D eigenvalue weighted by Gasteiger charge is 2.21. The third-order valence-electron chi connectivity index (χ3n) is 3.80. The minimum absolute atomic E-state index is 0.241. The van der Waals surface area contributed by atoms with E-state index in [9.17, 15) is 4.79 Å². The molecule has 0 radical (unpaired) electrons. The number of rotatable bonds is 3. The Labute approximate surface area is 133 Å². The average Bonchev–Trinajstić information content (AvgIpc) is 2.89. The van der Waals surface area contributed by atoms with Gasteiger partial charge in [0.05, 0.1) is 0 Å². The number of nitrogens with one attached hydrogen (secondary N) is 2. The molecule has 2 heterocycles. The number of aryl methyl sites for hydroxylation is 1. The first-order valence-corrected chi connectivity index (χ1v) is 7.70. The first kappa shape index (κ1) is 15.0. The lowest BCUT2D eigenvalue weighted by Gasteiger charge is -2.19. The van der Waals surface area contributed by atoms with Crippen molar-refractivity contribution in [2.24, 2.45) is 7.05 Å². The fourth-order valence-corrected chi connectivity index (χ4v) is 2.76. The van der Waals surface area contributed by atoms with E-state index in [0.717, 1.165) is 31.8 Å². The van der Waals surface area contributed by atoms with Crippen LogP contribution in [0.2, 0.25) is 5.02 Å². The van der Waals surface area contributed by atoms with Gasteiger partial charge in [0.25, 0.3) is 5.91 Å². The summed E-state index contributed by atoms with van der Waals surface area (Å²) in [5.41, 5.74) is 0.499. The Morgan fingerprint density at radius 3 is 2.91 bits per heavy atom. The summed E-state index contributed by atoms with van der Waals surface area (Å²) < 4.78 is 1.61. The number of amides is 1. The van der Waals surface area contributed by atoms with E-state index in [2.05, 4.69) is 20.7 Å². The molecule has 1 aliphatic rings. The van der Waals surface area contributed by atoms with Gasteiger partial charge in [0.1, 0.15) is 0 Å². The Kier molecular flexibility index (Phi) is 4.40. The van der Waals surface area contributed by atoms with E-state index in [1.54, 1.807) is 36.0 Å². The molecule has 1 amide bonds. The molecular weight excluding hydrogens is 302 g/mol. The molecule has 22 heavy (non-hydrogen) atoms. The maximum Gasteiger partial charge on any atom is 0.258 e. The van der Waals surface area contributed by atoms with Crippen molar-refractivity contribution < 1.29 is 4.79 Å². The molecule has 6 nitrogen and oxygen atoms in total. The standard InChI is InChI=1S/C15H18ClN5O/c1-21-15(18-13(20-21)10-5-7-17-8-6-10)19-14(22)11-3-2-4-12(16)9-11/h2-4,9-10,17H,5-8H2,1H3,(H,18,19,20,22). The van der Waals surface area contributed by atoms with Gasteiger partial charge in [-0.25, -0.2) is 4.68 Å². The van der Waals surface area contributed by atoms with Crippen LogP contribution in [0.15, 0.2) is 24.3 Å². The number of hydrogen-bond donors (Lipinski definition) is 2. The summed E-state index contributed by atoms with van der Waals surface area (Å²) in [7, 11) is 1.78. The minimum atomic E-state index is -0.241. The number of carbonyl (C=O) groups is 1. The van der Waals surface area contributed by atoms with Crippen molar-refractivity contribution in [2.45, 2.75) is 18.8 Å². The number of anilines is 1. The minimum Gasteiger partial charge on any atom is -0.317 e. The van der Waals surface area contributed by atoms with Gasteiger partial charge in [0.15, 0.2) is 5.82 Å². The molecule has 0 atom stereocenters. The summed E-state index contributed by atoms with van der Waals surface area (Å²) in [4.78, 5) is 16.7. The van der Waals surface area contributed by atoms with Crippen LogP contribution in [0.3, 0.4) is 0 Å². The molecule has 0 aliphatic carbocycles. The third kappa shape index (κ3) is 3.28. The van der Waals surface area contributed by atoms with Crippen LogP contribution in [0.1, 0.15) is 34.9 Å². The Hall–Kier alpha value is -1.92. The highest BCUT2D eigenvalue weighted by atomic mass is 35.5. The Morgan fingerprint density at radius 2 is 2.18 bits per heavy atom. The summed E-state index contributed by atoms with van der Waals surface area (Å²) in [5, 5.41) is 11.1. The van der Waals surface area contributed by atoms with Gasteiger partial charge in [-0.15, -0.1) is 0 Å². The molecule has 2 aromatic rings. The second-order valence-electron chi connectivity index (χ2n) is 5.41. The van der Waals surface area contributed by atoms with Gasteiger partial charge in [0, 0.05) is 23.6 Å². The number of benzene rings is 1. The summed E-state index contributed by atoms with van der Waals surface area (Å²) >= 11 is 5.91. The van der Waals surface area contributed by atoms with Crippen LogP contribution >= 0.6 is 11.6 Å². The molecule has 1 fully saturated rings. The van der Waals surface area contributed by atoms with Crippen molar-refractivity contribution in [1.82, 2.24) is 20.1 Å². The molecule has 3 rings (SSSR count). The van der Waals surface area contributed by atoms with Crippen molar-refractivity contribution in [3.63, 3.8) is 0 Å². The molecule has 0 bridgehead atoms. The predicted molar refractivity (Wildman–Crippen MR) is 85.3 cm³/mol. The van der Waals surface area contributed by atoms with E-state index in [1.165, 1.54) is 0 Å². The van der Waals surface area contributed by atoms with E-state index >= 15 is 0 Å². The van der Waals surface area contributed by atoms with Crippen LogP contribution in [-0.2, 0) is 7.05 Å². The lowest BCUT2D eigenvalue weighted by Crippen LogP contribution is -2.27.